The van der Waals surface area contributed by atoms with E-state index in [1.54, 1.807) is 55.6 Å². The SMILES string of the molecule is COc1ccc(NC(=O)CC2C(=O)N(c3cccc(Cl)c3)C(=O)N2Cc2cccs2)cc1. The van der Waals surface area contributed by atoms with Crippen LogP contribution in [0.4, 0.5) is 16.2 Å². The smallest absolute Gasteiger partial charge is 0.332 e. The average Bonchev–Trinajstić information content (AvgIpc) is 3.37. The van der Waals surface area contributed by atoms with Gasteiger partial charge in [0.15, 0.2) is 0 Å². The van der Waals surface area contributed by atoms with Gasteiger partial charge in [-0.1, -0.05) is 23.7 Å². The van der Waals surface area contributed by atoms with Gasteiger partial charge in [0, 0.05) is 15.6 Å². The lowest BCUT2D eigenvalue weighted by Crippen LogP contribution is -2.37. The quantitative estimate of drug-likeness (QED) is 0.505. The first-order valence-corrected chi connectivity index (χ1v) is 11.1. The number of amides is 4. The first-order chi connectivity index (χ1) is 15.5. The number of methoxy groups -OCH3 is 1. The lowest BCUT2D eigenvalue weighted by molar-refractivity contribution is -0.124. The second-order valence-corrected chi connectivity index (χ2v) is 8.61. The fourth-order valence-electron chi connectivity index (χ4n) is 3.50. The maximum atomic E-state index is 13.3. The molecule has 0 radical (unpaired) electrons. The predicted molar refractivity (Wildman–Crippen MR) is 124 cm³/mol. The molecule has 164 valence electrons. The molecule has 1 N–H and O–H groups in total. The Labute approximate surface area is 194 Å². The van der Waals surface area contributed by atoms with Crippen LogP contribution in [0.5, 0.6) is 5.75 Å². The molecule has 4 amide bonds. The molecule has 1 atom stereocenters. The van der Waals surface area contributed by atoms with Gasteiger partial charge in [-0.3, -0.25) is 9.59 Å². The van der Waals surface area contributed by atoms with Gasteiger partial charge in [-0.05, 0) is 53.9 Å². The van der Waals surface area contributed by atoms with Gasteiger partial charge in [0.2, 0.25) is 5.91 Å². The molecule has 1 unspecified atom stereocenters. The number of nitrogens with zero attached hydrogens (tertiary/aromatic N) is 2. The summed E-state index contributed by atoms with van der Waals surface area (Å²) in [6.45, 7) is 0.236. The van der Waals surface area contributed by atoms with Crippen LogP contribution < -0.4 is 15.0 Å². The number of carbonyl (C=O) groups excluding carboxylic acids is 3. The zero-order valence-corrected chi connectivity index (χ0v) is 18.7. The number of halogens is 1. The van der Waals surface area contributed by atoms with Crippen LogP contribution in [-0.2, 0) is 16.1 Å². The number of imide groups is 1. The number of benzene rings is 2. The van der Waals surface area contributed by atoms with Gasteiger partial charge < -0.3 is 15.0 Å². The second-order valence-electron chi connectivity index (χ2n) is 7.14. The normalized spacial score (nSPS) is 15.9. The van der Waals surface area contributed by atoms with Gasteiger partial charge >= 0.3 is 6.03 Å². The minimum atomic E-state index is -0.929. The number of hydrogen-bond donors (Lipinski definition) is 1. The minimum absolute atomic E-state index is 0.168. The van der Waals surface area contributed by atoms with Crippen molar-refractivity contribution in [3.63, 3.8) is 0 Å². The molecule has 1 aromatic heterocycles. The fraction of sp³-hybridized carbons (Fsp3) is 0.174. The Morgan fingerprint density at radius 2 is 1.91 bits per heavy atom. The Bertz CT molecular complexity index is 1130. The molecular weight excluding hydrogens is 450 g/mol. The highest BCUT2D eigenvalue weighted by Crippen LogP contribution is 2.30. The highest BCUT2D eigenvalue weighted by atomic mass is 35.5. The van der Waals surface area contributed by atoms with Crippen LogP contribution in [0.3, 0.4) is 0 Å². The van der Waals surface area contributed by atoms with Crippen LogP contribution in [0.1, 0.15) is 11.3 Å². The third kappa shape index (κ3) is 4.61. The number of nitrogens with one attached hydrogen (secondary N) is 1. The van der Waals surface area contributed by atoms with Crippen molar-refractivity contribution in [1.29, 1.82) is 0 Å². The van der Waals surface area contributed by atoms with Crippen molar-refractivity contribution < 1.29 is 19.1 Å². The second kappa shape index (κ2) is 9.42. The topological polar surface area (TPSA) is 79.0 Å². The molecule has 2 aromatic carbocycles. The lowest BCUT2D eigenvalue weighted by atomic mass is 10.1. The molecule has 0 bridgehead atoms. The number of thiophene rings is 1. The van der Waals surface area contributed by atoms with Gasteiger partial charge in [0.1, 0.15) is 11.8 Å². The Hall–Kier alpha value is -3.36. The maximum absolute atomic E-state index is 13.3. The Morgan fingerprint density at radius 1 is 1.12 bits per heavy atom. The van der Waals surface area contributed by atoms with Gasteiger partial charge in [-0.25, -0.2) is 9.69 Å². The Balaban J connectivity index is 1.57. The van der Waals surface area contributed by atoms with E-state index in [0.29, 0.717) is 22.1 Å². The van der Waals surface area contributed by atoms with Crippen molar-refractivity contribution in [2.45, 2.75) is 19.0 Å². The van der Waals surface area contributed by atoms with Crippen LogP contribution >= 0.6 is 22.9 Å². The molecule has 0 saturated carbocycles. The largest absolute Gasteiger partial charge is 0.497 e. The van der Waals surface area contributed by atoms with E-state index in [4.69, 9.17) is 16.3 Å². The van der Waals surface area contributed by atoms with Gasteiger partial charge in [-0.2, -0.15) is 0 Å². The van der Waals surface area contributed by atoms with Crippen LogP contribution in [-0.4, -0.2) is 35.9 Å². The molecule has 7 nitrogen and oxygen atoms in total. The summed E-state index contributed by atoms with van der Waals surface area (Å²) in [6, 6.07) is 15.8. The maximum Gasteiger partial charge on any atom is 0.332 e. The summed E-state index contributed by atoms with van der Waals surface area (Å²) in [6.07, 6.45) is -0.168. The molecule has 32 heavy (non-hydrogen) atoms. The molecule has 0 spiro atoms. The van der Waals surface area contributed by atoms with E-state index in [2.05, 4.69) is 5.32 Å². The molecule has 1 aliphatic rings. The molecule has 1 fully saturated rings. The Morgan fingerprint density at radius 3 is 2.56 bits per heavy atom. The lowest BCUT2D eigenvalue weighted by Gasteiger charge is -2.21. The average molecular weight is 470 g/mol. The minimum Gasteiger partial charge on any atom is -0.497 e. The standard InChI is InChI=1S/C23H20ClN3O4S/c1-31-18-9-7-16(8-10-18)25-21(28)13-20-22(29)27(17-5-2-4-15(24)12-17)23(30)26(20)14-19-6-3-11-32-19/h2-12,20H,13-14H2,1H3,(H,25,28). The summed E-state index contributed by atoms with van der Waals surface area (Å²) < 4.78 is 5.12. The summed E-state index contributed by atoms with van der Waals surface area (Å²) in [5.74, 6) is -0.164. The van der Waals surface area contributed by atoms with Crippen LogP contribution in [0.25, 0.3) is 0 Å². The Kier molecular flexibility index (Phi) is 6.43. The number of urea groups is 1. The van der Waals surface area contributed by atoms with E-state index in [1.165, 1.54) is 16.2 Å². The van der Waals surface area contributed by atoms with E-state index in [1.807, 2.05) is 17.5 Å². The van der Waals surface area contributed by atoms with Crippen molar-refractivity contribution in [1.82, 2.24) is 4.90 Å². The molecule has 1 saturated heterocycles. The molecule has 4 rings (SSSR count). The number of carbonyl (C=O) groups is 3. The highest BCUT2D eigenvalue weighted by molar-refractivity contribution is 7.09. The summed E-state index contributed by atoms with van der Waals surface area (Å²) in [7, 11) is 1.56. The fourth-order valence-corrected chi connectivity index (χ4v) is 4.39. The van der Waals surface area contributed by atoms with E-state index < -0.39 is 18.0 Å². The van der Waals surface area contributed by atoms with E-state index in [9.17, 15) is 14.4 Å². The van der Waals surface area contributed by atoms with Crippen molar-refractivity contribution >= 4 is 52.2 Å². The van der Waals surface area contributed by atoms with Crippen LogP contribution in [0.2, 0.25) is 5.02 Å². The van der Waals surface area contributed by atoms with Crippen molar-refractivity contribution in [2.24, 2.45) is 0 Å². The third-order valence-electron chi connectivity index (χ3n) is 5.04. The molecule has 2 heterocycles. The third-order valence-corrected chi connectivity index (χ3v) is 6.14. The summed E-state index contributed by atoms with van der Waals surface area (Å²) >= 11 is 7.55. The van der Waals surface area contributed by atoms with Crippen LogP contribution in [0.15, 0.2) is 66.0 Å². The van der Waals surface area contributed by atoms with E-state index in [-0.39, 0.29) is 18.9 Å². The zero-order valence-electron chi connectivity index (χ0n) is 17.2. The van der Waals surface area contributed by atoms with E-state index in [0.717, 1.165) is 9.78 Å². The molecule has 3 aromatic rings. The van der Waals surface area contributed by atoms with Crippen LogP contribution in [0, 0.1) is 0 Å². The number of ether oxygens (including phenoxy) is 1. The number of hydrogen-bond acceptors (Lipinski definition) is 5. The van der Waals surface area contributed by atoms with Gasteiger partial charge in [0.05, 0.1) is 25.8 Å². The summed E-state index contributed by atoms with van der Waals surface area (Å²) in [4.78, 5) is 42.7. The van der Waals surface area contributed by atoms with Gasteiger partial charge in [0.25, 0.3) is 5.91 Å². The summed E-state index contributed by atoms with van der Waals surface area (Å²) in [5, 5.41) is 5.09. The van der Waals surface area contributed by atoms with Crippen molar-refractivity contribution in [3.8, 4) is 5.75 Å². The molecule has 1 aliphatic heterocycles. The molecular formula is C23H20ClN3O4S. The number of rotatable bonds is 7. The van der Waals surface area contributed by atoms with Crippen molar-refractivity contribution in [2.75, 3.05) is 17.3 Å². The zero-order chi connectivity index (χ0) is 22.7. The summed E-state index contributed by atoms with van der Waals surface area (Å²) in [5.41, 5.74) is 0.950. The van der Waals surface area contributed by atoms with Gasteiger partial charge in [-0.15, -0.1) is 11.3 Å². The highest BCUT2D eigenvalue weighted by Gasteiger charge is 2.46. The first-order valence-electron chi connectivity index (χ1n) is 9.82. The number of anilines is 2. The monoisotopic (exact) mass is 469 g/mol. The predicted octanol–water partition coefficient (Wildman–Crippen LogP) is 4.78. The molecule has 0 aliphatic carbocycles. The molecule has 9 heteroatoms. The van der Waals surface area contributed by atoms with Crippen molar-refractivity contribution in [3.05, 3.63) is 75.9 Å². The first kappa shape index (κ1) is 21.9. The van der Waals surface area contributed by atoms with E-state index >= 15 is 0 Å².